The molecule has 0 saturated carbocycles. The van der Waals surface area contributed by atoms with Gasteiger partial charge in [0.1, 0.15) is 11.2 Å². The van der Waals surface area contributed by atoms with Crippen molar-refractivity contribution in [2.24, 2.45) is 0 Å². The third-order valence-corrected chi connectivity index (χ3v) is 6.66. The molecule has 2 aromatic carbocycles. The van der Waals surface area contributed by atoms with Gasteiger partial charge in [0.25, 0.3) is 5.56 Å². The number of hydrogen-bond donors (Lipinski definition) is 1. The molecule has 1 N–H and O–H groups in total. The van der Waals surface area contributed by atoms with Crippen LogP contribution in [0.3, 0.4) is 0 Å². The van der Waals surface area contributed by atoms with Gasteiger partial charge in [0.15, 0.2) is 0 Å². The molecule has 0 fully saturated rings. The van der Waals surface area contributed by atoms with Crippen molar-refractivity contribution in [3.05, 3.63) is 98.5 Å². The van der Waals surface area contributed by atoms with Gasteiger partial charge in [-0.15, -0.1) is 11.3 Å². The Bertz CT molecular complexity index is 1440. The average molecular weight is 491 g/mol. The lowest BCUT2D eigenvalue weighted by Crippen LogP contribution is -2.42. The van der Waals surface area contributed by atoms with Crippen molar-refractivity contribution in [3.63, 3.8) is 0 Å². The molecular weight excluding hydrogens is 464 g/mol. The minimum absolute atomic E-state index is 0.0903. The molecule has 2 amide bonds. The summed E-state index contributed by atoms with van der Waals surface area (Å²) in [5.74, 6) is -0.435. The number of hydrogen-bond acceptors (Lipinski definition) is 5. The molecule has 4 rings (SSSR count). The fourth-order valence-corrected chi connectivity index (χ4v) is 4.65. The molecule has 0 bridgehead atoms. The average Bonchev–Trinajstić information content (AvgIpc) is 3.38. The van der Waals surface area contributed by atoms with Crippen LogP contribution in [0.4, 0.5) is 5.69 Å². The van der Waals surface area contributed by atoms with Gasteiger partial charge >= 0.3 is 5.69 Å². The highest BCUT2D eigenvalue weighted by molar-refractivity contribution is 7.17. The molecule has 0 saturated heterocycles. The molecule has 9 heteroatoms. The van der Waals surface area contributed by atoms with E-state index < -0.39 is 11.2 Å². The lowest BCUT2D eigenvalue weighted by molar-refractivity contribution is -0.121. The Kier molecular flexibility index (Phi) is 7.57. The quantitative estimate of drug-likeness (QED) is 0.390. The second-order valence-electron chi connectivity index (χ2n) is 8.11. The zero-order chi connectivity index (χ0) is 24.8. The molecule has 0 radical (unpaired) electrons. The van der Waals surface area contributed by atoms with Gasteiger partial charge in [0, 0.05) is 32.2 Å². The summed E-state index contributed by atoms with van der Waals surface area (Å²) >= 11 is 1.23. The third kappa shape index (κ3) is 5.58. The van der Waals surface area contributed by atoms with Crippen molar-refractivity contribution in [2.75, 3.05) is 11.9 Å². The Balaban J connectivity index is 1.48. The number of para-hydroxylation sites is 1. The predicted molar refractivity (Wildman–Crippen MR) is 138 cm³/mol. The maximum Gasteiger partial charge on any atom is 0.332 e. The van der Waals surface area contributed by atoms with E-state index in [1.807, 2.05) is 60.7 Å². The molecule has 4 aromatic rings. The zero-order valence-electron chi connectivity index (χ0n) is 19.3. The van der Waals surface area contributed by atoms with Gasteiger partial charge in [0.05, 0.1) is 5.52 Å². The number of nitrogens with one attached hydrogen (secondary N) is 1. The Morgan fingerprint density at radius 2 is 1.63 bits per heavy atom. The molecule has 0 aliphatic rings. The van der Waals surface area contributed by atoms with E-state index in [0.29, 0.717) is 28.9 Å². The summed E-state index contributed by atoms with van der Waals surface area (Å²) in [6.45, 7) is 0.312. The first-order valence-corrected chi connectivity index (χ1v) is 12.2. The highest BCUT2D eigenvalue weighted by Gasteiger charge is 2.19. The molecular formula is C26H26N4O4S. The fraction of sp³-hybridized carbons (Fsp3) is 0.231. The number of likely N-dealkylation sites (N-methyl/N-ethyl adjacent to an activating group) is 1. The van der Waals surface area contributed by atoms with Crippen molar-refractivity contribution in [1.29, 1.82) is 0 Å². The summed E-state index contributed by atoms with van der Waals surface area (Å²) in [6, 6.07) is 20.4. The van der Waals surface area contributed by atoms with E-state index >= 15 is 0 Å². The van der Waals surface area contributed by atoms with Gasteiger partial charge in [-0.05, 0) is 35.6 Å². The normalized spacial score (nSPS) is 10.9. The summed E-state index contributed by atoms with van der Waals surface area (Å²) in [5, 5.41) is 4.58. The third-order valence-electron chi connectivity index (χ3n) is 5.77. The van der Waals surface area contributed by atoms with E-state index in [0.717, 1.165) is 10.1 Å². The zero-order valence-corrected chi connectivity index (χ0v) is 20.2. The maximum absolute atomic E-state index is 13.2. The van der Waals surface area contributed by atoms with Crippen LogP contribution in [-0.4, -0.2) is 28.0 Å². The number of carbonyl (C=O) groups is 2. The van der Waals surface area contributed by atoms with Crippen molar-refractivity contribution in [2.45, 2.75) is 32.5 Å². The van der Waals surface area contributed by atoms with Crippen molar-refractivity contribution in [1.82, 2.24) is 14.5 Å². The first kappa shape index (κ1) is 24.2. The van der Waals surface area contributed by atoms with E-state index in [9.17, 15) is 19.2 Å². The van der Waals surface area contributed by atoms with Crippen LogP contribution >= 0.6 is 11.3 Å². The highest BCUT2D eigenvalue weighted by atomic mass is 32.1. The second kappa shape index (κ2) is 11.0. The molecule has 35 heavy (non-hydrogen) atoms. The number of aromatic nitrogens is 2. The standard InChI is InChI=1S/C26H26N4O4S/c1-28(20-11-6-3-7-12-20)23(32)18-30-21-14-16-35-24(21)25(33)29(26(30)34)15-8-13-22(31)27-17-19-9-4-2-5-10-19/h2-7,9-12,14,16H,8,13,15,17-18H2,1H3,(H,27,31). The maximum atomic E-state index is 13.2. The van der Waals surface area contributed by atoms with Crippen molar-refractivity contribution < 1.29 is 9.59 Å². The summed E-state index contributed by atoms with van der Waals surface area (Å²) in [4.78, 5) is 52.9. The van der Waals surface area contributed by atoms with Crippen LogP contribution < -0.4 is 21.5 Å². The minimum Gasteiger partial charge on any atom is -0.352 e. The monoisotopic (exact) mass is 490 g/mol. The SMILES string of the molecule is CN(C(=O)Cn1c(=O)n(CCCC(=O)NCc2ccccc2)c(=O)c2sccc21)c1ccccc1. The molecule has 0 atom stereocenters. The molecule has 8 nitrogen and oxygen atoms in total. The van der Waals surface area contributed by atoms with Crippen LogP contribution in [0.15, 0.2) is 81.7 Å². The Labute approximate surface area is 206 Å². The van der Waals surface area contributed by atoms with Gasteiger partial charge in [-0.1, -0.05) is 48.5 Å². The van der Waals surface area contributed by atoms with Crippen LogP contribution in [-0.2, 0) is 29.2 Å². The van der Waals surface area contributed by atoms with Gasteiger partial charge < -0.3 is 10.2 Å². The molecule has 2 aromatic heterocycles. The van der Waals surface area contributed by atoms with Crippen LogP contribution in [0.5, 0.6) is 0 Å². The minimum atomic E-state index is -0.555. The van der Waals surface area contributed by atoms with Crippen molar-refractivity contribution in [3.8, 4) is 0 Å². The number of benzene rings is 2. The second-order valence-corrected chi connectivity index (χ2v) is 9.03. The molecule has 0 aliphatic heterocycles. The van der Waals surface area contributed by atoms with Gasteiger partial charge in [-0.2, -0.15) is 0 Å². The topological polar surface area (TPSA) is 93.4 Å². The summed E-state index contributed by atoms with van der Waals surface area (Å²) in [7, 11) is 1.65. The Hall–Kier alpha value is -3.98. The molecule has 0 spiro atoms. The van der Waals surface area contributed by atoms with Gasteiger partial charge in [0.2, 0.25) is 11.8 Å². The van der Waals surface area contributed by atoms with Crippen LogP contribution in [0, 0.1) is 0 Å². The number of carbonyl (C=O) groups excluding carboxylic acids is 2. The van der Waals surface area contributed by atoms with E-state index in [4.69, 9.17) is 0 Å². The van der Waals surface area contributed by atoms with Crippen LogP contribution in [0.1, 0.15) is 18.4 Å². The molecule has 0 unspecified atom stereocenters. The Morgan fingerprint density at radius 1 is 0.943 bits per heavy atom. The number of amides is 2. The summed E-state index contributed by atoms with van der Waals surface area (Å²) in [5.41, 5.74) is 1.19. The van der Waals surface area contributed by atoms with E-state index in [1.165, 1.54) is 20.8 Å². The number of rotatable bonds is 9. The van der Waals surface area contributed by atoms with E-state index in [1.54, 1.807) is 18.5 Å². The lowest BCUT2D eigenvalue weighted by Gasteiger charge is -2.19. The largest absolute Gasteiger partial charge is 0.352 e. The number of thiophene rings is 1. The fourth-order valence-electron chi connectivity index (χ4n) is 3.80. The first-order valence-electron chi connectivity index (χ1n) is 11.3. The lowest BCUT2D eigenvalue weighted by atomic mass is 10.2. The number of nitrogens with zero attached hydrogens (tertiary/aromatic N) is 3. The van der Waals surface area contributed by atoms with E-state index in [-0.39, 0.29) is 31.3 Å². The number of fused-ring (bicyclic) bond motifs is 1. The first-order chi connectivity index (χ1) is 17.0. The predicted octanol–water partition coefficient (Wildman–Crippen LogP) is 2.98. The Morgan fingerprint density at radius 3 is 2.34 bits per heavy atom. The van der Waals surface area contributed by atoms with Gasteiger partial charge in [-0.3, -0.25) is 23.5 Å². The number of anilines is 1. The molecule has 0 aliphatic carbocycles. The summed E-state index contributed by atoms with van der Waals surface area (Å²) in [6.07, 6.45) is 0.501. The van der Waals surface area contributed by atoms with Crippen molar-refractivity contribution >= 4 is 39.1 Å². The van der Waals surface area contributed by atoms with Crippen LogP contribution in [0.25, 0.3) is 10.2 Å². The van der Waals surface area contributed by atoms with E-state index in [2.05, 4.69) is 5.32 Å². The molecule has 180 valence electrons. The summed E-state index contributed by atoms with van der Waals surface area (Å²) < 4.78 is 2.87. The highest BCUT2D eigenvalue weighted by Crippen LogP contribution is 2.17. The van der Waals surface area contributed by atoms with Crippen LogP contribution in [0.2, 0.25) is 0 Å². The smallest absolute Gasteiger partial charge is 0.332 e. The molecule has 2 heterocycles. The van der Waals surface area contributed by atoms with Gasteiger partial charge in [-0.25, -0.2) is 4.79 Å².